The number of likely N-dealkylation sites (N-methyl/N-ethyl adjacent to an activating group) is 1. The molecule has 0 aromatic heterocycles. The summed E-state index contributed by atoms with van der Waals surface area (Å²) in [6.45, 7) is 5.33. The Labute approximate surface area is 111 Å². The molecule has 2 atom stereocenters. The van der Waals surface area contributed by atoms with Crippen LogP contribution in [0.2, 0.25) is 0 Å². The Hall–Kier alpha value is -0.900. The summed E-state index contributed by atoms with van der Waals surface area (Å²) in [5.74, 6) is 0. The van der Waals surface area contributed by atoms with Crippen LogP contribution in [0.15, 0.2) is 24.3 Å². The van der Waals surface area contributed by atoms with Gasteiger partial charge in [0.15, 0.2) is 0 Å². The summed E-state index contributed by atoms with van der Waals surface area (Å²) in [7, 11) is 4.06. The summed E-state index contributed by atoms with van der Waals surface area (Å²) in [6.07, 6.45) is 1.04. The zero-order chi connectivity index (χ0) is 13.5. The van der Waals surface area contributed by atoms with E-state index >= 15 is 0 Å². The SMILES string of the molecule is CNC(CCN(C)C(C)CO)c1ccc(C)cc1. The van der Waals surface area contributed by atoms with Crippen LogP contribution in [0.1, 0.15) is 30.5 Å². The first-order valence-electron chi connectivity index (χ1n) is 6.63. The van der Waals surface area contributed by atoms with E-state index in [-0.39, 0.29) is 12.6 Å². The lowest BCUT2D eigenvalue weighted by atomic mass is 10.0. The molecule has 0 saturated carbocycles. The fourth-order valence-electron chi connectivity index (χ4n) is 1.97. The Morgan fingerprint density at radius 3 is 2.39 bits per heavy atom. The molecule has 18 heavy (non-hydrogen) atoms. The third-order valence-corrected chi connectivity index (χ3v) is 3.62. The van der Waals surface area contributed by atoms with Gasteiger partial charge in [0.2, 0.25) is 0 Å². The van der Waals surface area contributed by atoms with Gasteiger partial charge in [-0.25, -0.2) is 0 Å². The van der Waals surface area contributed by atoms with E-state index in [1.165, 1.54) is 11.1 Å². The molecular weight excluding hydrogens is 224 g/mol. The van der Waals surface area contributed by atoms with Crippen LogP contribution in [0.5, 0.6) is 0 Å². The molecule has 0 bridgehead atoms. The number of aliphatic hydroxyl groups is 1. The smallest absolute Gasteiger partial charge is 0.0584 e. The van der Waals surface area contributed by atoms with Crippen molar-refractivity contribution >= 4 is 0 Å². The lowest BCUT2D eigenvalue weighted by molar-refractivity contribution is 0.154. The highest BCUT2D eigenvalue weighted by atomic mass is 16.3. The van der Waals surface area contributed by atoms with Gasteiger partial charge in [-0.2, -0.15) is 0 Å². The Balaban J connectivity index is 2.54. The molecule has 0 aliphatic carbocycles. The van der Waals surface area contributed by atoms with Crippen molar-refractivity contribution in [1.29, 1.82) is 0 Å². The molecule has 2 N–H and O–H groups in total. The molecule has 0 fully saturated rings. The van der Waals surface area contributed by atoms with E-state index in [2.05, 4.69) is 48.5 Å². The number of nitrogens with zero attached hydrogens (tertiary/aromatic N) is 1. The quantitative estimate of drug-likeness (QED) is 0.776. The maximum Gasteiger partial charge on any atom is 0.0584 e. The number of aliphatic hydroxyl groups excluding tert-OH is 1. The fourth-order valence-corrected chi connectivity index (χ4v) is 1.97. The second kappa shape index (κ2) is 7.52. The normalized spacial score (nSPS) is 14.8. The van der Waals surface area contributed by atoms with Crippen molar-refractivity contribution in [2.24, 2.45) is 0 Å². The van der Waals surface area contributed by atoms with E-state index in [0.717, 1.165) is 13.0 Å². The molecule has 2 unspecified atom stereocenters. The van der Waals surface area contributed by atoms with Gasteiger partial charge < -0.3 is 15.3 Å². The Kier molecular flexibility index (Phi) is 6.33. The summed E-state index contributed by atoms with van der Waals surface area (Å²) in [5.41, 5.74) is 2.62. The monoisotopic (exact) mass is 250 g/mol. The highest BCUT2D eigenvalue weighted by Gasteiger charge is 2.12. The summed E-state index contributed by atoms with van der Waals surface area (Å²) in [5, 5.41) is 12.5. The lowest BCUT2D eigenvalue weighted by Crippen LogP contribution is -2.34. The zero-order valence-electron chi connectivity index (χ0n) is 12.0. The minimum absolute atomic E-state index is 0.214. The average molecular weight is 250 g/mol. The van der Waals surface area contributed by atoms with Crippen LogP contribution in [0.25, 0.3) is 0 Å². The number of rotatable bonds is 7. The zero-order valence-corrected chi connectivity index (χ0v) is 12.0. The van der Waals surface area contributed by atoms with Gasteiger partial charge in [0.25, 0.3) is 0 Å². The average Bonchev–Trinajstić information content (AvgIpc) is 2.40. The summed E-state index contributed by atoms with van der Waals surface area (Å²) in [4.78, 5) is 2.19. The molecule has 0 spiro atoms. The Morgan fingerprint density at radius 2 is 1.89 bits per heavy atom. The van der Waals surface area contributed by atoms with Gasteiger partial charge in [-0.15, -0.1) is 0 Å². The van der Waals surface area contributed by atoms with E-state index < -0.39 is 0 Å². The van der Waals surface area contributed by atoms with Crippen LogP contribution in [-0.4, -0.2) is 43.3 Å². The molecular formula is C15H26N2O. The van der Waals surface area contributed by atoms with Gasteiger partial charge in [-0.1, -0.05) is 29.8 Å². The van der Waals surface area contributed by atoms with Gasteiger partial charge in [-0.3, -0.25) is 0 Å². The third kappa shape index (κ3) is 4.41. The molecule has 0 heterocycles. The van der Waals surface area contributed by atoms with Crippen molar-refractivity contribution in [2.45, 2.75) is 32.4 Å². The molecule has 3 nitrogen and oxygen atoms in total. The summed E-state index contributed by atoms with van der Waals surface area (Å²) < 4.78 is 0. The summed E-state index contributed by atoms with van der Waals surface area (Å²) in [6, 6.07) is 9.27. The molecule has 0 radical (unpaired) electrons. The Bertz CT molecular complexity index is 337. The topological polar surface area (TPSA) is 35.5 Å². The van der Waals surface area contributed by atoms with E-state index in [9.17, 15) is 0 Å². The van der Waals surface area contributed by atoms with Crippen LogP contribution in [0.3, 0.4) is 0 Å². The van der Waals surface area contributed by atoms with E-state index in [0.29, 0.717) is 6.04 Å². The van der Waals surface area contributed by atoms with Crippen molar-refractivity contribution in [1.82, 2.24) is 10.2 Å². The standard InChI is InChI=1S/C15H26N2O/c1-12-5-7-14(8-6-12)15(16-3)9-10-17(4)13(2)11-18/h5-8,13,15-16,18H,9-11H2,1-4H3. The molecule has 1 aromatic carbocycles. The molecule has 3 heteroatoms. The van der Waals surface area contributed by atoms with Gasteiger partial charge in [0.1, 0.15) is 0 Å². The van der Waals surface area contributed by atoms with Crippen LogP contribution in [0.4, 0.5) is 0 Å². The lowest BCUT2D eigenvalue weighted by Gasteiger charge is -2.25. The molecule has 0 saturated heterocycles. The molecule has 0 aliphatic rings. The number of nitrogens with one attached hydrogen (secondary N) is 1. The maximum absolute atomic E-state index is 9.12. The third-order valence-electron chi connectivity index (χ3n) is 3.62. The highest BCUT2D eigenvalue weighted by molar-refractivity contribution is 5.24. The number of hydrogen-bond acceptors (Lipinski definition) is 3. The van der Waals surface area contributed by atoms with Crippen molar-refractivity contribution < 1.29 is 5.11 Å². The van der Waals surface area contributed by atoms with Crippen LogP contribution in [0, 0.1) is 6.92 Å². The van der Waals surface area contributed by atoms with E-state index in [1.807, 2.05) is 14.0 Å². The second-order valence-electron chi connectivity index (χ2n) is 5.05. The predicted molar refractivity (Wildman–Crippen MR) is 76.8 cm³/mol. The summed E-state index contributed by atoms with van der Waals surface area (Å²) >= 11 is 0. The van der Waals surface area contributed by atoms with Gasteiger partial charge >= 0.3 is 0 Å². The van der Waals surface area contributed by atoms with Gasteiger partial charge in [-0.05, 0) is 39.9 Å². The van der Waals surface area contributed by atoms with Crippen LogP contribution >= 0.6 is 0 Å². The van der Waals surface area contributed by atoms with Gasteiger partial charge in [0.05, 0.1) is 6.61 Å². The molecule has 102 valence electrons. The van der Waals surface area contributed by atoms with E-state index in [4.69, 9.17) is 5.11 Å². The molecule has 1 rings (SSSR count). The molecule has 0 amide bonds. The van der Waals surface area contributed by atoms with E-state index in [1.54, 1.807) is 0 Å². The minimum atomic E-state index is 0.214. The Morgan fingerprint density at radius 1 is 1.28 bits per heavy atom. The van der Waals surface area contributed by atoms with Crippen molar-refractivity contribution in [3.8, 4) is 0 Å². The van der Waals surface area contributed by atoms with Crippen molar-refractivity contribution in [3.63, 3.8) is 0 Å². The highest BCUT2D eigenvalue weighted by Crippen LogP contribution is 2.17. The first-order chi connectivity index (χ1) is 8.58. The number of benzene rings is 1. The van der Waals surface area contributed by atoms with Crippen LogP contribution in [-0.2, 0) is 0 Å². The van der Waals surface area contributed by atoms with Crippen molar-refractivity contribution in [3.05, 3.63) is 35.4 Å². The molecule has 1 aromatic rings. The largest absolute Gasteiger partial charge is 0.395 e. The molecule has 0 aliphatic heterocycles. The maximum atomic E-state index is 9.12. The van der Waals surface area contributed by atoms with Crippen molar-refractivity contribution in [2.75, 3.05) is 27.2 Å². The predicted octanol–water partition coefficient (Wildman–Crippen LogP) is 1.96. The number of aryl methyl sites for hydroxylation is 1. The second-order valence-corrected chi connectivity index (χ2v) is 5.05. The fraction of sp³-hybridized carbons (Fsp3) is 0.600. The minimum Gasteiger partial charge on any atom is -0.395 e. The van der Waals surface area contributed by atoms with Gasteiger partial charge in [0, 0.05) is 18.6 Å². The number of hydrogen-bond donors (Lipinski definition) is 2. The first-order valence-corrected chi connectivity index (χ1v) is 6.63. The van der Waals surface area contributed by atoms with Crippen LogP contribution < -0.4 is 5.32 Å². The first kappa shape index (κ1) is 15.2.